The summed E-state index contributed by atoms with van der Waals surface area (Å²) in [6, 6.07) is -0.0322. The molecular weight excluding hydrogens is 192 g/mol. The van der Waals surface area contributed by atoms with Crippen LogP contribution in [0.15, 0.2) is 0 Å². The van der Waals surface area contributed by atoms with Gasteiger partial charge in [0.15, 0.2) is 0 Å². The summed E-state index contributed by atoms with van der Waals surface area (Å²) in [7, 11) is 0. The summed E-state index contributed by atoms with van der Waals surface area (Å²) in [6.45, 7) is 2.88. The second kappa shape index (κ2) is 4.57. The van der Waals surface area contributed by atoms with Gasteiger partial charge in [0.1, 0.15) is 0 Å². The highest BCUT2D eigenvalue weighted by Gasteiger charge is 2.35. The van der Waals surface area contributed by atoms with Crippen LogP contribution in [0.25, 0.3) is 0 Å². The quantitative estimate of drug-likeness (QED) is 0.707. The van der Waals surface area contributed by atoms with E-state index >= 15 is 0 Å². The first-order valence-electron chi connectivity index (χ1n) is 4.76. The molecule has 0 unspecified atom stereocenters. The fraction of sp³-hybridized carbons (Fsp3) is 0.889. The number of hydrogen-bond acceptors (Lipinski definition) is 2. The predicted octanol–water partition coefficient (Wildman–Crippen LogP) is 2.26. The molecule has 1 saturated carbocycles. The Bertz CT molecular complexity index is 205. The molecule has 14 heavy (non-hydrogen) atoms. The fourth-order valence-electron chi connectivity index (χ4n) is 1.18. The third-order valence-corrected chi connectivity index (χ3v) is 1.89. The Hall–Kier alpha value is -0.870. The number of ether oxygens (including phenoxy) is 1. The van der Waals surface area contributed by atoms with Crippen molar-refractivity contribution < 1.29 is 18.3 Å². The first kappa shape index (κ1) is 11.2. The van der Waals surface area contributed by atoms with Gasteiger partial charge in [-0.05, 0) is 26.7 Å². The van der Waals surface area contributed by atoms with Gasteiger partial charge in [-0.25, -0.2) is 13.6 Å². The molecule has 0 aliphatic heterocycles. The van der Waals surface area contributed by atoms with Crippen molar-refractivity contribution in [2.24, 2.45) is 0 Å². The van der Waals surface area contributed by atoms with E-state index in [2.05, 4.69) is 0 Å². The van der Waals surface area contributed by atoms with Crippen molar-refractivity contribution in [3.05, 3.63) is 0 Å². The van der Waals surface area contributed by atoms with E-state index in [1.54, 1.807) is 13.8 Å². The Morgan fingerprint density at radius 1 is 1.50 bits per heavy atom. The monoisotopic (exact) mass is 207 g/mol. The highest BCUT2D eigenvalue weighted by Crippen LogP contribution is 2.28. The van der Waals surface area contributed by atoms with Gasteiger partial charge in [-0.15, -0.1) is 0 Å². The average Bonchev–Trinajstić information content (AvgIpc) is 2.80. The highest BCUT2D eigenvalue weighted by atomic mass is 19.3. The van der Waals surface area contributed by atoms with Gasteiger partial charge in [0.05, 0.1) is 12.6 Å². The zero-order valence-electron chi connectivity index (χ0n) is 8.37. The molecule has 0 aromatic carbocycles. The van der Waals surface area contributed by atoms with Crippen molar-refractivity contribution in [3.63, 3.8) is 0 Å². The van der Waals surface area contributed by atoms with Gasteiger partial charge in [-0.1, -0.05) is 0 Å². The van der Waals surface area contributed by atoms with Crippen molar-refractivity contribution in [3.8, 4) is 0 Å². The van der Waals surface area contributed by atoms with Crippen molar-refractivity contribution in [1.82, 2.24) is 4.90 Å². The molecule has 0 radical (unpaired) electrons. The number of carbonyl (C=O) groups is 1. The maximum absolute atomic E-state index is 12.1. The van der Waals surface area contributed by atoms with Crippen LogP contribution in [0, 0.1) is 0 Å². The fourth-order valence-corrected chi connectivity index (χ4v) is 1.18. The van der Waals surface area contributed by atoms with Gasteiger partial charge in [-0.2, -0.15) is 0 Å². The van der Waals surface area contributed by atoms with Crippen LogP contribution in [0.1, 0.15) is 26.7 Å². The standard InChI is InChI=1S/C9H15F2NO2/c1-6(2)14-9(13)12(5-8(10)11)7-3-4-7/h6-8H,3-5H2,1-2H3. The highest BCUT2D eigenvalue weighted by molar-refractivity contribution is 5.68. The number of carbonyl (C=O) groups excluding carboxylic acids is 1. The van der Waals surface area contributed by atoms with Crippen molar-refractivity contribution in [2.45, 2.75) is 45.3 Å². The molecule has 0 aromatic rings. The van der Waals surface area contributed by atoms with E-state index in [1.165, 1.54) is 0 Å². The Labute approximate surface area is 82.0 Å². The Balaban J connectivity index is 2.44. The molecule has 0 atom stereocenters. The van der Waals surface area contributed by atoms with Crippen LogP contribution in [0.2, 0.25) is 0 Å². The second-order valence-corrected chi connectivity index (χ2v) is 3.71. The van der Waals surface area contributed by atoms with Crippen molar-refractivity contribution in [2.75, 3.05) is 6.54 Å². The third-order valence-electron chi connectivity index (χ3n) is 1.89. The molecule has 1 fully saturated rings. The van der Waals surface area contributed by atoms with Gasteiger partial charge in [0, 0.05) is 6.04 Å². The summed E-state index contributed by atoms with van der Waals surface area (Å²) < 4.78 is 29.1. The van der Waals surface area contributed by atoms with Gasteiger partial charge in [0.2, 0.25) is 0 Å². The summed E-state index contributed by atoms with van der Waals surface area (Å²) in [5.74, 6) is 0. The topological polar surface area (TPSA) is 29.5 Å². The van der Waals surface area contributed by atoms with E-state index < -0.39 is 19.1 Å². The van der Waals surface area contributed by atoms with Gasteiger partial charge in [0.25, 0.3) is 6.43 Å². The van der Waals surface area contributed by atoms with Crippen LogP contribution in [-0.2, 0) is 4.74 Å². The van der Waals surface area contributed by atoms with Crippen molar-refractivity contribution >= 4 is 6.09 Å². The summed E-state index contributed by atoms with van der Waals surface area (Å²) in [5.41, 5.74) is 0. The lowest BCUT2D eigenvalue weighted by atomic mass is 10.5. The summed E-state index contributed by atoms with van der Waals surface area (Å²) in [5, 5.41) is 0. The third kappa shape index (κ3) is 3.47. The van der Waals surface area contributed by atoms with Crippen LogP contribution in [0.4, 0.5) is 13.6 Å². The van der Waals surface area contributed by atoms with Crippen LogP contribution < -0.4 is 0 Å². The lowest BCUT2D eigenvalue weighted by molar-refractivity contribution is 0.0439. The number of hydrogen-bond donors (Lipinski definition) is 0. The number of halogens is 2. The predicted molar refractivity (Wildman–Crippen MR) is 47.3 cm³/mol. The number of alkyl halides is 2. The summed E-state index contributed by atoms with van der Waals surface area (Å²) >= 11 is 0. The van der Waals surface area contributed by atoms with Gasteiger partial charge in [-0.3, -0.25) is 4.90 Å². The second-order valence-electron chi connectivity index (χ2n) is 3.71. The number of nitrogens with zero attached hydrogens (tertiary/aromatic N) is 1. The lowest BCUT2D eigenvalue weighted by Crippen LogP contribution is -2.38. The van der Waals surface area contributed by atoms with Crippen molar-refractivity contribution in [1.29, 1.82) is 0 Å². The van der Waals surface area contributed by atoms with E-state index in [-0.39, 0.29) is 12.1 Å². The maximum atomic E-state index is 12.1. The number of rotatable bonds is 4. The minimum Gasteiger partial charge on any atom is -0.447 e. The summed E-state index contributed by atoms with van der Waals surface area (Å²) in [4.78, 5) is 12.5. The van der Waals surface area contributed by atoms with Crippen LogP contribution in [0.5, 0.6) is 0 Å². The largest absolute Gasteiger partial charge is 0.447 e. The smallest absolute Gasteiger partial charge is 0.410 e. The van der Waals surface area contributed by atoms with E-state index in [0.717, 1.165) is 17.7 Å². The molecule has 0 N–H and O–H groups in total. The SMILES string of the molecule is CC(C)OC(=O)N(CC(F)F)C1CC1. The molecule has 1 aliphatic rings. The molecule has 0 bridgehead atoms. The van der Waals surface area contributed by atoms with Gasteiger partial charge >= 0.3 is 6.09 Å². The van der Waals surface area contributed by atoms with E-state index in [9.17, 15) is 13.6 Å². The van der Waals surface area contributed by atoms with Crippen LogP contribution in [0.3, 0.4) is 0 Å². The van der Waals surface area contributed by atoms with Crippen LogP contribution in [-0.4, -0.2) is 36.1 Å². The molecule has 1 amide bonds. The zero-order valence-corrected chi connectivity index (χ0v) is 8.37. The normalized spacial score (nSPS) is 16.1. The molecule has 1 rings (SSSR count). The van der Waals surface area contributed by atoms with E-state index in [1.807, 2.05) is 0 Å². The molecule has 0 aromatic heterocycles. The molecular formula is C9H15F2NO2. The molecule has 0 saturated heterocycles. The zero-order chi connectivity index (χ0) is 10.7. The minimum absolute atomic E-state index is 0.0322. The molecule has 0 heterocycles. The molecule has 3 nitrogen and oxygen atoms in total. The van der Waals surface area contributed by atoms with Gasteiger partial charge < -0.3 is 4.74 Å². The molecule has 1 aliphatic carbocycles. The maximum Gasteiger partial charge on any atom is 0.410 e. The Morgan fingerprint density at radius 3 is 2.43 bits per heavy atom. The van der Waals surface area contributed by atoms with E-state index in [0.29, 0.717) is 0 Å². The van der Waals surface area contributed by atoms with E-state index in [4.69, 9.17) is 4.74 Å². The Morgan fingerprint density at radius 2 is 2.07 bits per heavy atom. The lowest BCUT2D eigenvalue weighted by Gasteiger charge is -2.22. The molecule has 82 valence electrons. The molecule has 0 spiro atoms. The molecule has 5 heteroatoms. The first-order chi connectivity index (χ1) is 6.50. The summed E-state index contributed by atoms with van der Waals surface area (Å²) in [6.07, 6.45) is -1.76. The minimum atomic E-state index is -2.49. The number of amides is 1. The first-order valence-corrected chi connectivity index (χ1v) is 4.76. The van der Waals surface area contributed by atoms with Crippen LogP contribution >= 0.6 is 0 Å². The average molecular weight is 207 g/mol. The Kier molecular flexibility index (Phi) is 3.66.